The normalized spacial score (nSPS) is 13.9. The summed E-state index contributed by atoms with van der Waals surface area (Å²) in [5, 5.41) is 3.93. The van der Waals surface area contributed by atoms with E-state index < -0.39 is 0 Å². The molecule has 1 N–H and O–H groups in total. The molecular formula is C22H26N2O2. The Kier molecular flexibility index (Phi) is 5.12. The van der Waals surface area contributed by atoms with E-state index in [0.717, 1.165) is 18.5 Å². The fourth-order valence-electron chi connectivity index (χ4n) is 3.46. The van der Waals surface area contributed by atoms with Gasteiger partial charge in [-0.2, -0.15) is 0 Å². The predicted octanol–water partition coefficient (Wildman–Crippen LogP) is 1.92. The maximum Gasteiger partial charge on any atom is 0.256 e. The van der Waals surface area contributed by atoms with Gasteiger partial charge in [0.05, 0.1) is 0 Å². The van der Waals surface area contributed by atoms with Gasteiger partial charge in [0.2, 0.25) is 5.43 Å². The molecule has 1 aromatic heterocycles. The molecule has 1 aliphatic carbocycles. The highest BCUT2D eigenvalue weighted by Crippen LogP contribution is 2.23. The topological polar surface area (TPSA) is 51.1 Å². The summed E-state index contributed by atoms with van der Waals surface area (Å²) in [6.07, 6.45) is 6.73. The quantitative estimate of drug-likeness (QED) is 0.916. The Bertz CT molecular complexity index is 1020. The van der Waals surface area contributed by atoms with Gasteiger partial charge in [0, 0.05) is 29.0 Å². The van der Waals surface area contributed by atoms with Gasteiger partial charge in [0.1, 0.15) is 5.56 Å². The van der Waals surface area contributed by atoms with E-state index in [0.29, 0.717) is 23.0 Å². The molecule has 136 valence electrons. The number of hydrogen-bond acceptors (Lipinski definition) is 2. The molecule has 0 bridgehead atoms. The van der Waals surface area contributed by atoms with E-state index in [1.165, 1.54) is 17.5 Å². The van der Waals surface area contributed by atoms with Crippen molar-refractivity contribution in [3.63, 3.8) is 0 Å². The molecule has 1 aromatic carbocycles. The lowest BCUT2D eigenvalue weighted by atomic mass is 10.1. The smallest absolute Gasteiger partial charge is 0.256 e. The van der Waals surface area contributed by atoms with Crippen molar-refractivity contribution in [1.29, 1.82) is 0 Å². The average Bonchev–Trinajstić information content (AvgIpc) is 3.08. The summed E-state index contributed by atoms with van der Waals surface area (Å²) >= 11 is 0. The van der Waals surface area contributed by atoms with E-state index in [9.17, 15) is 9.59 Å². The van der Waals surface area contributed by atoms with Crippen molar-refractivity contribution >= 4 is 18.6 Å². The summed E-state index contributed by atoms with van der Waals surface area (Å²) in [4.78, 5) is 25.3. The number of carbonyl (C=O) groups is 1. The number of amides is 1. The zero-order valence-electron chi connectivity index (χ0n) is 15.8. The molecule has 1 aliphatic rings. The number of nitrogens with zero attached hydrogens (tertiary/aromatic N) is 1. The van der Waals surface area contributed by atoms with Crippen LogP contribution in [0.25, 0.3) is 18.3 Å². The van der Waals surface area contributed by atoms with E-state index in [1.807, 2.05) is 24.5 Å². The van der Waals surface area contributed by atoms with Gasteiger partial charge in [-0.1, -0.05) is 32.6 Å². The number of aryl methyl sites for hydroxylation is 2. The third-order valence-corrected chi connectivity index (χ3v) is 4.91. The first-order valence-electron chi connectivity index (χ1n) is 9.23. The highest BCUT2D eigenvalue weighted by Gasteiger charge is 2.16. The fraction of sp³-hybridized carbons (Fsp3) is 0.364. The number of benzene rings is 1. The Morgan fingerprint density at radius 2 is 2.04 bits per heavy atom. The van der Waals surface area contributed by atoms with E-state index in [4.69, 9.17) is 0 Å². The lowest BCUT2D eigenvalue weighted by molar-refractivity contribution is 0.0947. The maximum absolute atomic E-state index is 12.7. The molecule has 0 fully saturated rings. The minimum absolute atomic E-state index is 0.159. The Labute approximate surface area is 153 Å². The zero-order chi connectivity index (χ0) is 18.8. The predicted molar refractivity (Wildman–Crippen MR) is 106 cm³/mol. The van der Waals surface area contributed by atoms with Gasteiger partial charge in [0.25, 0.3) is 5.91 Å². The van der Waals surface area contributed by atoms with E-state index >= 15 is 0 Å². The van der Waals surface area contributed by atoms with Gasteiger partial charge in [0.15, 0.2) is 0 Å². The van der Waals surface area contributed by atoms with Crippen LogP contribution in [0.2, 0.25) is 0 Å². The number of fused-ring (bicyclic) bond motifs is 1. The van der Waals surface area contributed by atoms with Crippen molar-refractivity contribution in [3.8, 4) is 5.69 Å². The molecule has 3 rings (SSSR count). The average molecular weight is 350 g/mol. The highest BCUT2D eigenvalue weighted by atomic mass is 16.2. The number of rotatable bonds is 4. The second kappa shape index (κ2) is 7.32. The summed E-state index contributed by atoms with van der Waals surface area (Å²) in [5.74, 6) is -0.0103. The van der Waals surface area contributed by atoms with Gasteiger partial charge in [-0.25, -0.2) is 0 Å². The molecule has 0 saturated carbocycles. The summed E-state index contributed by atoms with van der Waals surface area (Å²) in [6.45, 7) is 10.5. The highest BCUT2D eigenvalue weighted by molar-refractivity contribution is 5.93. The van der Waals surface area contributed by atoms with Gasteiger partial charge in [-0.3, -0.25) is 9.59 Å². The zero-order valence-corrected chi connectivity index (χ0v) is 15.8. The number of carbonyl (C=O) groups excluding carboxylic acids is 1. The fourth-order valence-corrected chi connectivity index (χ4v) is 3.46. The van der Waals surface area contributed by atoms with Crippen LogP contribution in [0.1, 0.15) is 48.7 Å². The van der Waals surface area contributed by atoms with Crippen molar-refractivity contribution in [1.82, 2.24) is 9.88 Å². The lowest BCUT2D eigenvalue weighted by Crippen LogP contribution is -2.48. The van der Waals surface area contributed by atoms with Gasteiger partial charge < -0.3 is 9.88 Å². The molecule has 0 radical (unpaired) electrons. The van der Waals surface area contributed by atoms with Gasteiger partial charge in [-0.15, -0.1) is 0 Å². The van der Waals surface area contributed by atoms with Crippen molar-refractivity contribution in [2.75, 3.05) is 6.54 Å². The molecule has 0 atom stereocenters. The Balaban J connectivity index is 2.14. The van der Waals surface area contributed by atoms with Crippen molar-refractivity contribution in [3.05, 3.63) is 61.9 Å². The second-order valence-corrected chi connectivity index (χ2v) is 7.30. The lowest BCUT2D eigenvalue weighted by Gasteiger charge is -2.13. The van der Waals surface area contributed by atoms with Gasteiger partial charge in [-0.05, 0) is 55.4 Å². The van der Waals surface area contributed by atoms with E-state index in [2.05, 4.69) is 24.0 Å². The molecule has 4 nitrogen and oxygen atoms in total. The van der Waals surface area contributed by atoms with E-state index in [1.54, 1.807) is 19.2 Å². The number of nitrogens with one attached hydrogen (secondary N) is 1. The standard InChI is InChI=1S/C22H26N2O2/c1-5-19-15(4)24(18-10-9-16-7-6-8-17(16)11-18)13-20(21(19)25)22(26)23-12-14(2)3/h5,9-11,13-14H,4,6-8,12H2,1-3H3,(H,23,26)/b19-5+. The largest absolute Gasteiger partial charge is 0.352 e. The van der Waals surface area contributed by atoms with Crippen molar-refractivity contribution in [2.45, 2.75) is 40.0 Å². The SMILES string of the molecule is C=c1/c(=C\C)c(=O)c(C(=O)NCC(C)C)cn1-c1ccc2c(c1)CCC2. The third kappa shape index (κ3) is 3.36. The van der Waals surface area contributed by atoms with Crippen LogP contribution in [0.4, 0.5) is 0 Å². The van der Waals surface area contributed by atoms with Crippen LogP contribution in [-0.2, 0) is 12.8 Å². The van der Waals surface area contributed by atoms with Crippen LogP contribution in [-0.4, -0.2) is 17.0 Å². The molecule has 0 aliphatic heterocycles. The minimum Gasteiger partial charge on any atom is -0.352 e. The van der Waals surface area contributed by atoms with Crippen LogP contribution in [0.3, 0.4) is 0 Å². The third-order valence-electron chi connectivity index (χ3n) is 4.91. The summed E-state index contributed by atoms with van der Waals surface area (Å²) < 4.78 is 1.86. The van der Waals surface area contributed by atoms with E-state index in [-0.39, 0.29) is 16.9 Å². The first-order valence-corrected chi connectivity index (χ1v) is 9.23. The van der Waals surface area contributed by atoms with Crippen LogP contribution in [0.15, 0.2) is 29.2 Å². The Morgan fingerprint density at radius 1 is 1.31 bits per heavy atom. The summed E-state index contributed by atoms with van der Waals surface area (Å²) in [7, 11) is 0. The number of pyridine rings is 1. The summed E-state index contributed by atoms with van der Waals surface area (Å²) in [5.41, 5.74) is 3.56. The molecule has 2 aromatic rings. The maximum atomic E-state index is 12.7. The molecule has 4 heteroatoms. The van der Waals surface area contributed by atoms with Crippen LogP contribution >= 0.6 is 0 Å². The van der Waals surface area contributed by atoms with Crippen LogP contribution < -0.4 is 21.3 Å². The number of hydrogen-bond donors (Lipinski definition) is 1. The van der Waals surface area contributed by atoms with Crippen LogP contribution in [0, 0.1) is 5.92 Å². The van der Waals surface area contributed by atoms with Crippen molar-refractivity contribution < 1.29 is 4.79 Å². The van der Waals surface area contributed by atoms with Crippen LogP contribution in [0.5, 0.6) is 0 Å². The minimum atomic E-state index is -0.332. The molecule has 0 spiro atoms. The molecule has 1 heterocycles. The Morgan fingerprint density at radius 3 is 2.73 bits per heavy atom. The molecule has 26 heavy (non-hydrogen) atoms. The van der Waals surface area contributed by atoms with Gasteiger partial charge >= 0.3 is 0 Å². The molecule has 0 saturated heterocycles. The number of aromatic nitrogens is 1. The molecule has 0 unspecified atom stereocenters. The monoisotopic (exact) mass is 350 g/mol. The second-order valence-electron chi connectivity index (χ2n) is 7.30. The van der Waals surface area contributed by atoms with Crippen molar-refractivity contribution in [2.24, 2.45) is 5.92 Å². The first kappa shape index (κ1) is 18.2. The molecule has 1 amide bonds. The first-order chi connectivity index (χ1) is 12.4. The Hall–Kier alpha value is -2.62. The summed E-state index contributed by atoms with van der Waals surface area (Å²) in [6, 6.07) is 6.33. The molecular weight excluding hydrogens is 324 g/mol.